The van der Waals surface area contributed by atoms with Crippen molar-refractivity contribution in [2.24, 2.45) is 5.92 Å². The maximum atomic E-state index is 5.68. The van der Waals surface area contributed by atoms with E-state index in [4.69, 9.17) is 4.42 Å². The van der Waals surface area contributed by atoms with E-state index in [0.29, 0.717) is 5.89 Å². The Hall–Kier alpha value is -2.31. The Kier molecular flexibility index (Phi) is 4.75. The molecule has 0 N–H and O–H groups in total. The van der Waals surface area contributed by atoms with Gasteiger partial charge in [0, 0.05) is 5.56 Å². The molecule has 102 valence electrons. The van der Waals surface area contributed by atoms with E-state index in [1.807, 2.05) is 54.6 Å². The Morgan fingerprint density at radius 2 is 1.65 bits per heavy atom. The highest BCUT2D eigenvalue weighted by atomic mass is 16.3. The minimum atomic E-state index is 0.654. The molecular weight excluding hydrogens is 246 g/mol. The number of aromatic nitrogens is 1. The summed E-state index contributed by atoms with van der Waals surface area (Å²) in [6.07, 6.45) is 7.42. The second kappa shape index (κ2) is 6.74. The third-order valence-corrected chi connectivity index (χ3v) is 2.37. The monoisotopic (exact) mass is 265 g/mol. The van der Waals surface area contributed by atoms with Crippen molar-refractivity contribution < 1.29 is 4.42 Å². The molecule has 0 amide bonds. The molecule has 2 nitrogen and oxygen atoms in total. The summed E-state index contributed by atoms with van der Waals surface area (Å²) in [5, 5.41) is 0.847. The fourth-order valence-corrected chi connectivity index (χ4v) is 1.59. The van der Waals surface area contributed by atoms with Gasteiger partial charge in [-0.05, 0) is 42.4 Å². The second-order valence-electron chi connectivity index (χ2n) is 5.20. The average Bonchev–Trinajstić information content (AvgIpc) is 2.71. The molecule has 2 aromatic rings. The minimum Gasteiger partial charge on any atom is -0.436 e. The second-order valence-corrected chi connectivity index (χ2v) is 5.20. The van der Waals surface area contributed by atoms with E-state index in [9.17, 15) is 0 Å². The van der Waals surface area contributed by atoms with Crippen LogP contribution in [-0.4, -0.2) is 4.98 Å². The van der Waals surface area contributed by atoms with E-state index in [0.717, 1.165) is 22.2 Å². The van der Waals surface area contributed by atoms with Crippen LogP contribution in [0.2, 0.25) is 0 Å². The molecule has 1 aliphatic carbocycles. The Balaban J connectivity index is 0.000000328. The number of rotatable bonds is 1. The van der Waals surface area contributed by atoms with Crippen LogP contribution >= 0.6 is 0 Å². The number of fused-ring (bicyclic) bond motifs is 1. The normalized spacial score (nSPS) is 11.8. The Morgan fingerprint density at radius 3 is 2.35 bits per heavy atom. The van der Waals surface area contributed by atoms with Crippen molar-refractivity contribution in [3.05, 3.63) is 59.0 Å². The van der Waals surface area contributed by atoms with E-state index in [1.165, 1.54) is 0 Å². The molecule has 0 spiro atoms. The topological polar surface area (TPSA) is 26.0 Å². The summed E-state index contributed by atoms with van der Waals surface area (Å²) in [6, 6.07) is 9.88. The lowest BCUT2D eigenvalue weighted by Crippen LogP contribution is -2.20. The first-order valence-electron chi connectivity index (χ1n) is 6.82. The third kappa shape index (κ3) is 3.84. The van der Waals surface area contributed by atoms with Crippen molar-refractivity contribution in [3.8, 4) is 11.5 Å². The van der Waals surface area contributed by atoms with Crippen LogP contribution in [0, 0.1) is 5.92 Å². The van der Waals surface area contributed by atoms with Crippen molar-refractivity contribution in [3.63, 3.8) is 0 Å². The van der Waals surface area contributed by atoms with Gasteiger partial charge in [-0.15, -0.1) is 5.73 Å². The fraction of sp³-hybridized carbons (Fsp3) is 0.222. The highest BCUT2D eigenvalue weighted by Gasteiger charge is 2.03. The molecule has 20 heavy (non-hydrogen) atoms. The van der Waals surface area contributed by atoms with Crippen molar-refractivity contribution in [1.29, 1.82) is 0 Å². The maximum absolute atomic E-state index is 5.68. The van der Waals surface area contributed by atoms with Gasteiger partial charge in [-0.25, -0.2) is 4.98 Å². The van der Waals surface area contributed by atoms with Gasteiger partial charge in [0.05, 0.1) is 0 Å². The van der Waals surface area contributed by atoms with Gasteiger partial charge in [0.15, 0.2) is 5.42 Å². The van der Waals surface area contributed by atoms with Gasteiger partial charge in [-0.3, -0.25) is 0 Å². The number of nitrogens with zero attached hydrogens (tertiary/aromatic N) is 1. The first kappa shape index (κ1) is 14.1. The fourth-order valence-electron chi connectivity index (χ4n) is 1.59. The summed E-state index contributed by atoms with van der Waals surface area (Å²) in [5.74, 6) is 1.49. The summed E-state index contributed by atoms with van der Waals surface area (Å²) in [7, 11) is 0. The van der Waals surface area contributed by atoms with E-state index in [-0.39, 0.29) is 0 Å². The van der Waals surface area contributed by atoms with Crippen LogP contribution in [0.15, 0.2) is 52.6 Å². The van der Waals surface area contributed by atoms with Gasteiger partial charge in [-0.1, -0.05) is 39.0 Å². The summed E-state index contributed by atoms with van der Waals surface area (Å²) in [4.78, 5) is 4.44. The number of oxazole rings is 1. The zero-order valence-corrected chi connectivity index (χ0v) is 12.1. The smallest absolute Gasteiger partial charge is 0.227 e. The molecule has 0 atom stereocenters. The van der Waals surface area contributed by atoms with Crippen LogP contribution < -0.4 is 10.8 Å². The van der Waals surface area contributed by atoms with Crippen LogP contribution in [0.1, 0.15) is 20.8 Å². The van der Waals surface area contributed by atoms with Crippen molar-refractivity contribution >= 4 is 12.2 Å². The molecule has 0 saturated carbocycles. The van der Waals surface area contributed by atoms with Crippen molar-refractivity contribution in [2.45, 2.75) is 20.8 Å². The summed E-state index contributed by atoms with van der Waals surface area (Å²) in [6.45, 7) is 6.50. The molecule has 0 unspecified atom stereocenters. The molecule has 1 aromatic heterocycles. The lowest BCUT2D eigenvalue weighted by molar-refractivity contribution is 0.540. The SMILES string of the molecule is C1=CC=c2nc(-c3ccccc3)oc2=CC=1.CC(C)C. The molecule has 0 saturated heterocycles. The Bertz CT molecular complexity index is 689. The number of allylic oxidation sites excluding steroid dienone is 1. The van der Waals surface area contributed by atoms with Crippen LogP contribution in [0.25, 0.3) is 23.6 Å². The first-order chi connectivity index (χ1) is 9.66. The van der Waals surface area contributed by atoms with E-state index < -0.39 is 0 Å². The van der Waals surface area contributed by atoms with E-state index in [2.05, 4.69) is 31.5 Å². The molecule has 0 aliphatic heterocycles. The standard InChI is InChI=1S/C14H9NO.C4H10/c1-3-7-11(8-4-1)14-15-12-9-5-2-6-10-13(12)16-14;1-4(2)3/h1,3-10H;4H,1-3H3. The highest BCUT2D eigenvalue weighted by molar-refractivity contribution is 5.54. The molecule has 0 radical (unpaired) electrons. The number of hydrogen-bond donors (Lipinski definition) is 0. The lowest BCUT2D eigenvalue weighted by atomic mass is 10.2. The van der Waals surface area contributed by atoms with Crippen LogP contribution in [0.5, 0.6) is 0 Å². The molecule has 0 bridgehead atoms. The van der Waals surface area contributed by atoms with Gasteiger partial charge in [-0.2, -0.15) is 0 Å². The predicted octanol–water partition coefficient (Wildman–Crippen LogP) is 3.29. The molecule has 1 aliphatic rings. The van der Waals surface area contributed by atoms with Gasteiger partial charge < -0.3 is 4.42 Å². The van der Waals surface area contributed by atoms with Crippen molar-refractivity contribution in [2.75, 3.05) is 0 Å². The predicted molar refractivity (Wildman–Crippen MR) is 83.3 cm³/mol. The molecular formula is C18H19NO. The Labute approximate surface area is 119 Å². The Morgan fingerprint density at radius 1 is 1.00 bits per heavy atom. The van der Waals surface area contributed by atoms with E-state index >= 15 is 0 Å². The highest BCUT2D eigenvalue weighted by Crippen LogP contribution is 2.12. The van der Waals surface area contributed by atoms with E-state index in [1.54, 1.807) is 0 Å². The summed E-state index contributed by atoms with van der Waals surface area (Å²) in [5.41, 5.74) is 4.75. The molecule has 1 heterocycles. The average molecular weight is 265 g/mol. The van der Waals surface area contributed by atoms with Gasteiger partial charge in [0.2, 0.25) is 5.89 Å². The van der Waals surface area contributed by atoms with Gasteiger partial charge >= 0.3 is 0 Å². The molecule has 2 heteroatoms. The first-order valence-corrected chi connectivity index (χ1v) is 6.82. The largest absolute Gasteiger partial charge is 0.436 e. The number of benzene rings is 1. The maximum Gasteiger partial charge on any atom is 0.227 e. The van der Waals surface area contributed by atoms with Crippen LogP contribution in [-0.2, 0) is 0 Å². The van der Waals surface area contributed by atoms with Gasteiger partial charge in [0.25, 0.3) is 0 Å². The minimum absolute atomic E-state index is 0.654. The zero-order valence-electron chi connectivity index (χ0n) is 12.1. The molecule has 1 aromatic carbocycles. The molecule has 3 rings (SSSR count). The van der Waals surface area contributed by atoms with Crippen LogP contribution in [0.4, 0.5) is 0 Å². The van der Waals surface area contributed by atoms with Crippen molar-refractivity contribution in [1.82, 2.24) is 4.98 Å². The third-order valence-electron chi connectivity index (χ3n) is 2.37. The zero-order chi connectivity index (χ0) is 14.4. The lowest BCUT2D eigenvalue weighted by Gasteiger charge is -1.91. The van der Waals surface area contributed by atoms with Gasteiger partial charge in [0.1, 0.15) is 5.35 Å². The summed E-state index contributed by atoms with van der Waals surface area (Å²) < 4.78 is 5.68. The van der Waals surface area contributed by atoms with Crippen LogP contribution in [0.3, 0.4) is 0 Å². The number of hydrogen-bond acceptors (Lipinski definition) is 2. The quantitative estimate of drug-likeness (QED) is 0.739. The summed E-state index contributed by atoms with van der Waals surface area (Å²) >= 11 is 0. The molecule has 0 fully saturated rings.